The lowest BCUT2D eigenvalue weighted by Crippen LogP contribution is -2.41. The van der Waals surface area contributed by atoms with Crippen LogP contribution in [0, 0.1) is 5.92 Å². The second kappa shape index (κ2) is 6.06. The van der Waals surface area contributed by atoms with E-state index < -0.39 is 12.1 Å². The van der Waals surface area contributed by atoms with Crippen LogP contribution in [0.2, 0.25) is 0 Å². The van der Waals surface area contributed by atoms with E-state index in [9.17, 15) is 9.59 Å². The molecule has 0 saturated carbocycles. The summed E-state index contributed by atoms with van der Waals surface area (Å²) in [6.45, 7) is 0.834. The number of carbonyl (C=O) groups is 2. The van der Waals surface area contributed by atoms with Crippen molar-refractivity contribution < 1.29 is 19.4 Å². The van der Waals surface area contributed by atoms with Crippen molar-refractivity contribution in [3.05, 3.63) is 28.7 Å². The molecule has 1 fully saturated rings. The minimum Gasteiger partial charge on any atom is -0.481 e. The third-order valence-electron chi connectivity index (χ3n) is 3.14. The molecule has 1 aromatic rings. The molecule has 1 saturated heterocycles. The highest BCUT2D eigenvalue weighted by atomic mass is 79.9. The molecule has 1 aliphatic rings. The largest absolute Gasteiger partial charge is 0.481 e. The van der Waals surface area contributed by atoms with E-state index >= 15 is 0 Å². The molecule has 1 heterocycles. The first kappa shape index (κ1) is 13.9. The quantitative estimate of drug-likeness (QED) is 0.906. The highest BCUT2D eigenvalue weighted by Gasteiger charge is 2.28. The van der Waals surface area contributed by atoms with Crippen LogP contribution < -0.4 is 4.74 Å². The first-order chi connectivity index (χ1) is 9.08. The number of carbonyl (C=O) groups excluding carboxylic acids is 1. The summed E-state index contributed by atoms with van der Waals surface area (Å²) in [5, 5.41) is 8.89. The maximum atomic E-state index is 11.9. The van der Waals surface area contributed by atoms with Crippen molar-refractivity contribution in [2.45, 2.75) is 12.8 Å². The zero-order chi connectivity index (χ0) is 13.8. The van der Waals surface area contributed by atoms with Crippen LogP contribution in [0.5, 0.6) is 5.75 Å². The third-order valence-corrected chi connectivity index (χ3v) is 3.79. The van der Waals surface area contributed by atoms with Crippen LogP contribution in [0.4, 0.5) is 4.79 Å². The lowest BCUT2D eigenvalue weighted by molar-refractivity contribution is -0.143. The zero-order valence-corrected chi connectivity index (χ0v) is 11.8. The number of aliphatic carboxylic acids is 1. The summed E-state index contributed by atoms with van der Waals surface area (Å²) in [4.78, 5) is 24.3. The van der Waals surface area contributed by atoms with E-state index in [-0.39, 0.29) is 5.92 Å². The number of amides is 1. The predicted octanol–water partition coefficient (Wildman–Crippen LogP) is 2.74. The van der Waals surface area contributed by atoms with E-state index in [1.807, 2.05) is 6.07 Å². The normalized spacial score (nSPS) is 16.2. The second-order valence-corrected chi connectivity index (χ2v) is 5.25. The van der Waals surface area contributed by atoms with Crippen LogP contribution in [0.15, 0.2) is 28.7 Å². The molecule has 0 aromatic heterocycles. The first-order valence-electron chi connectivity index (χ1n) is 6.02. The van der Waals surface area contributed by atoms with Crippen molar-refractivity contribution in [3.63, 3.8) is 0 Å². The molecule has 0 aliphatic carbocycles. The van der Waals surface area contributed by atoms with Gasteiger partial charge >= 0.3 is 12.1 Å². The number of carboxylic acid groups (broad SMARTS) is 1. The number of ether oxygens (including phenoxy) is 1. The van der Waals surface area contributed by atoms with E-state index in [2.05, 4.69) is 15.9 Å². The van der Waals surface area contributed by atoms with Gasteiger partial charge in [0.15, 0.2) is 0 Å². The lowest BCUT2D eigenvalue weighted by Gasteiger charge is -2.29. The van der Waals surface area contributed by atoms with Gasteiger partial charge in [-0.1, -0.05) is 12.1 Å². The van der Waals surface area contributed by atoms with Crippen LogP contribution in [-0.2, 0) is 4.79 Å². The summed E-state index contributed by atoms with van der Waals surface area (Å²) in [6, 6.07) is 7.11. The second-order valence-electron chi connectivity index (χ2n) is 4.40. The van der Waals surface area contributed by atoms with Crippen LogP contribution >= 0.6 is 15.9 Å². The standard InChI is InChI=1S/C13H14BrNO4/c14-10-3-1-2-4-11(10)19-13(18)15-7-5-9(6-8-15)12(16)17/h1-4,9H,5-8H2,(H,16,17). The summed E-state index contributed by atoms with van der Waals surface area (Å²) in [7, 11) is 0. The maximum absolute atomic E-state index is 11.9. The van der Waals surface area contributed by atoms with Crippen molar-refractivity contribution in [1.82, 2.24) is 4.90 Å². The van der Waals surface area contributed by atoms with E-state index in [0.717, 1.165) is 0 Å². The molecule has 0 unspecified atom stereocenters. The molecule has 6 heteroatoms. The van der Waals surface area contributed by atoms with Gasteiger partial charge in [-0.15, -0.1) is 0 Å². The fourth-order valence-electron chi connectivity index (χ4n) is 2.00. The van der Waals surface area contributed by atoms with Gasteiger partial charge in [0.2, 0.25) is 0 Å². The molecule has 102 valence electrons. The Bertz CT molecular complexity index is 483. The number of hydrogen-bond acceptors (Lipinski definition) is 3. The Morgan fingerprint density at radius 2 is 1.89 bits per heavy atom. The molecule has 1 N–H and O–H groups in total. The lowest BCUT2D eigenvalue weighted by atomic mass is 9.97. The number of rotatable bonds is 2. The molecule has 1 amide bonds. The van der Waals surface area contributed by atoms with Gasteiger partial charge in [-0.25, -0.2) is 4.79 Å². The fourth-order valence-corrected chi connectivity index (χ4v) is 2.36. The number of piperidine rings is 1. The molecule has 0 radical (unpaired) electrons. The van der Waals surface area contributed by atoms with Crippen LogP contribution in [0.25, 0.3) is 0 Å². The molecule has 2 rings (SSSR count). The monoisotopic (exact) mass is 327 g/mol. The maximum Gasteiger partial charge on any atom is 0.415 e. The molecular weight excluding hydrogens is 314 g/mol. The van der Waals surface area contributed by atoms with Crippen LogP contribution in [-0.4, -0.2) is 35.2 Å². The number of nitrogens with zero attached hydrogens (tertiary/aromatic N) is 1. The van der Waals surface area contributed by atoms with Gasteiger partial charge in [-0.3, -0.25) is 4.79 Å². The van der Waals surface area contributed by atoms with Crippen molar-refractivity contribution in [3.8, 4) is 5.75 Å². The SMILES string of the molecule is O=C(O)C1CCN(C(=O)Oc2ccccc2Br)CC1. The predicted molar refractivity (Wildman–Crippen MR) is 72.1 cm³/mol. The van der Waals surface area contributed by atoms with E-state index in [1.165, 1.54) is 0 Å². The zero-order valence-electron chi connectivity index (χ0n) is 10.2. The highest BCUT2D eigenvalue weighted by molar-refractivity contribution is 9.10. The van der Waals surface area contributed by atoms with Gasteiger partial charge in [-0.05, 0) is 40.9 Å². The van der Waals surface area contributed by atoms with Gasteiger partial charge in [0.1, 0.15) is 5.75 Å². The number of likely N-dealkylation sites (tertiary alicyclic amines) is 1. The van der Waals surface area contributed by atoms with Gasteiger partial charge < -0.3 is 14.7 Å². The van der Waals surface area contributed by atoms with Crippen molar-refractivity contribution >= 4 is 28.0 Å². The Labute approximate surface area is 119 Å². The summed E-state index contributed by atoms with van der Waals surface area (Å²) in [6.07, 6.45) is 0.511. The first-order valence-corrected chi connectivity index (χ1v) is 6.81. The molecule has 1 aliphatic heterocycles. The highest BCUT2D eigenvalue weighted by Crippen LogP contribution is 2.25. The van der Waals surface area contributed by atoms with E-state index in [1.54, 1.807) is 23.1 Å². The van der Waals surface area contributed by atoms with E-state index in [4.69, 9.17) is 9.84 Å². The Hall–Kier alpha value is -1.56. The minimum atomic E-state index is -0.793. The topological polar surface area (TPSA) is 66.8 Å². The van der Waals surface area contributed by atoms with Gasteiger partial charge in [0.25, 0.3) is 0 Å². The average molecular weight is 328 g/mol. The van der Waals surface area contributed by atoms with Crippen LogP contribution in [0.1, 0.15) is 12.8 Å². The number of halogens is 1. The number of carboxylic acids is 1. The molecule has 0 spiro atoms. The minimum absolute atomic E-state index is 0.354. The van der Waals surface area contributed by atoms with Gasteiger partial charge in [-0.2, -0.15) is 0 Å². The summed E-state index contributed by atoms with van der Waals surface area (Å²) < 4.78 is 5.98. The molecule has 5 nitrogen and oxygen atoms in total. The fraction of sp³-hybridized carbons (Fsp3) is 0.385. The number of benzene rings is 1. The third kappa shape index (κ3) is 3.47. The Morgan fingerprint density at radius 1 is 1.26 bits per heavy atom. The number of hydrogen-bond donors (Lipinski definition) is 1. The molecule has 0 bridgehead atoms. The Kier molecular flexibility index (Phi) is 4.42. The summed E-state index contributed by atoms with van der Waals surface area (Å²) >= 11 is 3.30. The Balaban J connectivity index is 1.92. The average Bonchev–Trinajstić information content (AvgIpc) is 2.41. The summed E-state index contributed by atoms with van der Waals surface area (Å²) in [5.41, 5.74) is 0. The molecule has 0 atom stereocenters. The molecular formula is C13H14BrNO4. The van der Waals surface area contributed by atoms with Gasteiger partial charge in [0, 0.05) is 13.1 Å². The van der Waals surface area contributed by atoms with Gasteiger partial charge in [0.05, 0.1) is 10.4 Å². The van der Waals surface area contributed by atoms with Crippen molar-refractivity contribution in [2.75, 3.05) is 13.1 Å². The van der Waals surface area contributed by atoms with Crippen molar-refractivity contribution in [1.29, 1.82) is 0 Å². The smallest absolute Gasteiger partial charge is 0.415 e. The van der Waals surface area contributed by atoms with E-state index in [0.29, 0.717) is 36.2 Å². The van der Waals surface area contributed by atoms with Crippen molar-refractivity contribution in [2.24, 2.45) is 5.92 Å². The molecule has 19 heavy (non-hydrogen) atoms. The molecule has 1 aromatic carbocycles. The Morgan fingerprint density at radius 3 is 2.47 bits per heavy atom. The van der Waals surface area contributed by atoms with Crippen LogP contribution in [0.3, 0.4) is 0 Å². The number of para-hydroxylation sites is 1. The summed E-state index contributed by atoms with van der Waals surface area (Å²) in [5.74, 6) is -0.681.